The Morgan fingerprint density at radius 3 is 2.62 bits per heavy atom. The zero-order valence-corrected chi connectivity index (χ0v) is 14.7. The van der Waals surface area contributed by atoms with Crippen molar-refractivity contribution in [1.82, 2.24) is 10.2 Å². The van der Waals surface area contributed by atoms with Gasteiger partial charge in [-0.25, -0.2) is 0 Å². The Hall–Kier alpha value is -1.88. The molecule has 0 saturated carbocycles. The minimum Gasteiger partial charge on any atom is -0.384 e. The molecule has 130 valence electrons. The third-order valence-corrected chi connectivity index (χ3v) is 5.80. The van der Waals surface area contributed by atoms with E-state index in [1.807, 2.05) is 36.9 Å². The Morgan fingerprint density at radius 2 is 2.00 bits per heavy atom. The molecule has 2 heterocycles. The summed E-state index contributed by atoms with van der Waals surface area (Å²) in [6, 6.07) is 5.88. The van der Waals surface area contributed by atoms with Gasteiger partial charge in [0, 0.05) is 37.7 Å². The van der Waals surface area contributed by atoms with Crippen molar-refractivity contribution in [2.75, 3.05) is 33.4 Å². The molecule has 0 aromatic heterocycles. The molecule has 0 radical (unpaired) electrons. The number of carbonyl (C=O) groups is 2. The monoisotopic (exact) mass is 330 g/mol. The minimum atomic E-state index is -0.0960. The van der Waals surface area contributed by atoms with E-state index >= 15 is 0 Å². The van der Waals surface area contributed by atoms with E-state index in [1.165, 1.54) is 5.56 Å². The van der Waals surface area contributed by atoms with Crippen LogP contribution in [0, 0.1) is 25.2 Å². The number of methoxy groups -OCH3 is 1. The summed E-state index contributed by atoms with van der Waals surface area (Å²) in [7, 11) is 1.64. The molecule has 5 heteroatoms. The fourth-order valence-electron chi connectivity index (χ4n) is 3.94. The third kappa shape index (κ3) is 2.93. The normalized spacial score (nSPS) is 22.7. The van der Waals surface area contributed by atoms with Crippen molar-refractivity contribution >= 4 is 11.8 Å². The van der Waals surface area contributed by atoms with Crippen LogP contribution >= 0.6 is 0 Å². The van der Waals surface area contributed by atoms with Gasteiger partial charge in [0.25, 0.3) is 5.91 Å². The van der Waals surface area contributed by atoms with E-state index in [2.05, 4.69) is 5.32 Å². The van der Waals surface area contributed by atoms with Gasteiger partial charge in [-0.3, -0.25) is 9.59 Å². The average Bonchev–Trinajstić information content (AvgIpc) is 2.87. The van der Waals surface area contributed by atoms with Crippen molar-refractivity contribution in [1.29, 1.82) is 0 Å². The van der Waals surface area contributed by atoms with Crippen molar-refractivity contribution in [3.63, 3.8) is 0 Å². The molecule has 1 spiro atoms. The molecule has 2 amide bonds. The van der Waals surface area contributed by atoms with Gasteiger partial charge in [0.1, 0.15) is 0 Å². The Morgan fingerprint density at radius 1 is 1.29 bits per heavy atom. The van der Waals surface area contributed by atoms with Gasteiger partial charge in [0.2, 0.25) is 5.91 Å². The highest BCUT2D eigenvalue weighted by molar-refractivity contribution is 5.94. The molecular weight excluding hydrogens is 304 g/mol. The number of nitrogens with zero attached hydrogens (tertiary/aromatic N) is 1. The van der Waals surface area contributed by atoms with Gasteiger partial charge in [-0.15, -0.1) is 0 Å². The standard InChI is InChI=1S/C19H26N2O3/c1-13-4-5-15(10-14(13)2)18(23)21-8-6-19(7-9-21)12-20-17(22)16(19)11-24-3/h4-5,10,16H,6-9,11-12H2,1-3H3,(H,20,22)/t16-/m1/s1. The summed E-state index contributed by atoms with van der Waals surface area (Å²) >= 11 is 0. The first-order valence-electron chi connectivity index (χ1n) is 8.60. The molecule has 1 atom stereocenters. The van der Waals surface area contributed by atoms with Gasteiger partial charge in [-0.2, -0.15) is 0 Å². The van der Waals surface area contributed by atoms with Crippen molar-refractivity contribution in [2.24, 2.45) is 11.3 Å². The molecule has 2 aliphatic heterocycles. The maximum absolute atomic E-state index is 12.8. The molecular formula is C19H26N2O3. The lowest BCUT2D eigenvalue weighted by Gasteiger charge is -2.41. The lowest BCUT2D eigenvalue weighted by molar-refractivity contribution is -0.126. The second-order valence-electron chi connectivity index (χ2n) is 7.18. The Kier molecular flexibility index (Phi) is 4.63. The van der Waals surface area contributed by atoms with E-state index in [4.69, 9.17) is 4.74 Å². The van der Waals surface area contributed by atoms with Crippen LogP contribution in [0.15, 0.2) is 18.2 Å². The van der Waals surface area contributed by atoms with Gasteiger partial charge in [-0.1, -0.05) is 6.07 Å². The lowest BCUT2D eigenvalue weighted by atomic mass is 9.71. The molecule has 1 aromatic carbocycles. The van der Waals surface area contributed by atoms with Crippen LogP contribution in [0.1, 0.15) is 34.3 Å². The topological polar surface area (TPSA) is 58.6 Å². The quantitative estimate of drug-likeness (QED) is 0.921. The average molecular weight is 330 g/mol. The zero-order chi connectivity index (χ0) is 17.3. The number of aryl methyl sites for hydroxylation is 2. The molecule has 2 saturated heterocycles. The number of hydrogen-bond donors (Lipinski definition) is 1. The second kappa shape index (κ2) is 6.55. The number of carbonyl (C=O) groups excluding carboxylic acids is 2. The van der Waals surface area contributed by atoms with Crippen LogP contribution in [0.2, 0.25) is 0 Å². The molecule has 0 unspecified atom stereocenters. The van der Waals surface area contributed by atoms with Crippen molar-refractivity contribution in [3.8, 4) is 0 Å². The van der Waals surface area contributed by atoms with Crippen LogP contribution in [0.25, 0.3) is 0 Å². The van der Waals surface area contributed by atoms with Crippen molar-refractivity contribution in [2.45, 2.75) is 26.7 Å². The van der Waals surface area contributed by atoms with Gasteiger partial charge in [0.15, 0.2) is 0 Å². The van der Waals surface area contributed by atoms with Crippen LogP contribution in [0.3, 0.4) is 0 Å². The third-order valence-electron chi connectivity index (χ3n) is 5.80. The Balaban J connectivity index is 1.69. The summed E-state index contributed by atoms with van der Waals surface area (Å²) in [6.07, 6.45) is 1.69. The van der Waals surface area contributed by atoms with Gasteiger partial charge >= 0.3 is 0 Å². The number of ether oxygens (including phenoxy) is 1. The summed E-state index contributed by atoms with van der Waals surface area (Å²) < 4.78 is 5.25. The van der Waals surface area contributed by atoms with E-state index in [0.717, 1.165) is 24.0 Å². The highest BCUT2D eigenvalue weighted by Gasteiger charge is 2.49. The number of hydrogen-bond acceptors (Lipinski definition) is 3. The van der Waals surface area contributed by atoms with E-state index in [0.29, 0.717) is 26.2 Å². The maximum atomic E-state index is 12.8. The highest BCUT2D eigenvalue weighted by atomic mass is 16.5. The van der Waals surface area contributed by atoms with Crippen molar-refractivity contribution < 1.29 is 14.3 Å². The molecule has 2 fully saturated rings. The summed E-state index contributed by atoms with van der Waals surface area (Å²) in [5.74, 6) is 0.0840. The largest absolute Gasteiger partial charge is 0.384 e. The van der Waals surface area contributed by atoms with Gasteiger partial charge in [0.05, 0.1) is 12.5 Å². The van der Waals surface area contributed by atoms with Gasteiger partial charge < -0.3 is 15.0 Å². The fourth-order valence-corrected chi connectivity index (χ4v) is 3.94. The smallest absolute Gasteiger partial charge is 0.253 e. The Labute approximate surface area is 143 Å². The molecule has 24 heavy (non-hydrogen) atoms. The molecule has 0 bridgehead atoms. The summed E-state index contributed by atoms with van der Waals surface area (Å²) in [6.45, 7) is 6.63. The first-order valence-corrected chi connectivity index (χ1v) is 8.60. The highest BCUT2D eigenvalue weighted by Crippen LogP contribution is 2.42. The second-order valence-corrected chi connectivity index (χ2v) is 7.18. The maximum Gasteiger partial charge on any atom is 0.253 e. The minimum absolute atomic E-state index is 0.0624. The predicted octanol–water partition coefficient (Wildman–Crippen LogP) is 1.92. The van der Waals surface area contributed by atoms with Crippen LogP contribution in [-0.2, 0) is 9.53 Å². The number of benzene rings is 1. The first-order chi connectivity index (χ1) is 11.5. The molecule has 1 aromatic rings. The lowest BCUT2D eigenvalue weighted by Crippen LogP contribution is -2.47. The predicted molar refractivity (Wildman–Crippen MR) is 91.9 cm³/mol. The van der Waals surface area contributed by atoms with Crippen LogP contribution in [-0.4, -0.2) is 50.1 Å². The number of likely N-dealkylation sites (tertiary alicyclic amines) is 1. The van der Waals surface area contributed by atoms with E-state index in [-0.39, 0.29) is 23.1 Å². The summed E-state index contributed by atoms with van der Waals surface area (Å²) in [5.41, 5.74) is 3.03. The fraction of sp³-hybridized carbons (Fsp3) is 0.579. The van der Waals surface area contributed by atoms with E-state index in [9.17, 15) is 9.59 Å². The number of amides is 2. The van der Waals surface area contributed by atoms with Gasteiger partial charge in [-0.05, 0) is 49.9 Å². The molecule has 3 rings (SSSR count). The van der Waals surface area contributed by atoms with E-state index < -0.39 is 0 Å². The van der Waals surface area contributed by atoms with Crippen LogP contribution in [0.4, 0.5) is 0 Å². The number of rotatable bonds is 3. The SMILES string of the molecule is COC[C@@H]1C(=O)NCC12CCN(C(=O)c1ccc(C)c(C)c1)CC2. The number of piperidine rings is 1. The van der Waals surface area contributed by atoms with Crippen LogP contribution < -0.4 is 5.32 Å². The Bertz CT molecular complexity index is 648. The molecule has 2 aliphatic rings. The molecule has 5 nitrogen and oxygen atoms in total. The summed E-state index contributed by atoms with van der Waals surface area (Å²) in [4.78, 5) is 26.7. The van der Waals surface area contributed by atoms with Crippen molar-refractivity contribution in [3.05, 3.63) is 34.9 Å². The molecule has 0 aliphatic carbocycles. The van der Waals surface area contributed by atoms with Crippen LogP contribution in [0.5, 0.6) is 0 Å². The first kappa shape index (κ1) is 17.0. The zero-order valence-electron chi connectivity index (χ0n) is 14.7. The number of nitrogens with one attached hydrogen (secondary N) is 1. The van der Waals surface area contributed by atoms with E-state index in [1.54, 1.807) is 7.11 Å². The molecule has 1 N–H and O–H groups in total. The summed E-state index contributed by atoms with van der Waals surface area (Å²) in [5, 5.41) is 2.98.